The molecule has 94 valence electrons. The minimum Gasteiger partial charge on any atom is -0.326 e. The van der Waals surface area contributed by atoms with Gasteiger partial charge in [0.1, 0.15) is 0 Å². The van der Waals surface area contributed by atoms with Crippen LogP contribution in [-0.4, -0.2) is 13.2 Å². The fourth-order valence-corrected chi connectivity index (χ4v) is 3.63. The summed E-state index contributed by atoms with van der Waals surface area (Å²) in [5, 5.41) is 0.956. The molecule has 0 heterocycles. The van der Waals surface area contributed by atoms with Crippen LogP contribution in [0.3, 0.4) is 0 Å². The van der Waals surface area contributed by atoms with Gasteiger partial charge < -0.3 is 9.05 Å². The first-order valence-electron chi connectivity index (χ1n) is 5.64. The second kappa shape index (κ2) is 7.07. The van der Waals surface area contributed by atoms with Crippen molar-refractivity contribution < 1.29 is 9.05 Å². The normalized spacial score (nSPS) is 14.5. The van der Waals surface area contributed by atoms with Gasteiger partial charge in [0.25, 0.3) is 0 Å². The highest BCUT2D eigenvalue weighted by Gasteiger charge is 2.21. The third-order valence-electron chi connectivity index (χ3n) is 2.01. The van der Waals surface area contributed by atoms with Crippen LogP contribution in [0.15, 0.2) is 43.0 Å². The minimum atomic E-state index is -2.38. The van der Waals surface area contributed by atoms with E-state index in [9.17, 15) is 0 Å². The summed E-state index contributed by atoms with van der Waals surface area (Å²) in [6.45, 7) is 6.49. The molecule has 1 rings (SSSR count). The van der Waals surface area contributed by atoms with Gasteiger partial charge >= 0.3 is 0 Å². The van der Waals surface area contributed by atoms with E-state index >= 15 is 0 Å². The second-order valence-corrected chi connectivity index (χ2v) is 7.58. The van der Waals surface area contributed by atoms with E-state index in [-0.39, 0.29) is 0 Å². The van der Waals surface area contributed by atoms with E-state index in [4.69, 9.17) is 20.9 Å². The molecule has 0 spiro atoms. The summed E-state index contributed by atoms with van der Waals surface area (Å²) < 4.78 is 11.5. The van der Waals surface area contributed by atoms with Gasteiger partial charge in [0, 0.05) is 5.30 Å². The number of benzene rings is 1. The van der Waals surface area contributed by atoms with Crippen molar-refractivity contribution in [3.8, 4) is 0 Å². The highest BCUT2D eigenvalue weighted by atomic mass is 32.5. The van der Waals surface area contributed by atoms with Gasteiger partial charge in [-0.25, -0.2) is 0 Å². The van der Waals surface area contributed by atoms with E-state index in [1.54, 1.807) is 6.08 Å². The molecule has 0 aliphatic heterocycles. The Morgan fingerprint density at radius 3 is 2.47 bits per heavy atom. The van der Waals surface area contributed by atoms with Crippen LogP contribution >= 0.6 is 6.49 Å². The van der Waals surface area contributed by atoms with Gasteiger partial charge in [-0.15, -0.1) is 6.58 Å². The quantitative estimate of drug-likeness (QED) is 0.558. The first kappa shape index (κ1) is 14.6. The molecule has 0 aliphatic carbocycles. The maximum Gasteiger partial charge on any atom is 0.219 e. The van der Waals surface area contributed by atoms with Crippen LogP contribution in [0.2, 0.25) is 0 Å². The topological polar surface area (TPSA) is 18.5 Å². The lowest BCUT2D eigenvalue weighted by molar-refractivity contribution is 0.243. The third-order valence-corrected chi connectivity index (χ3v) is 5.19. The molecule has 17 heavy (non-hydrogen) atoms. The predicted octanol–water partition coefficient (Wildman–Crippen LogP) is 3.50. The molecular weight excluding hydrogens is 251 g/mol. The summed E-state index contributed by atoms with van der Waals surface area (Å²) in [6, 6.07) is 9.78. The van der Waals surface area contributed by atoms with Crippen LogP contribution in [0.1, 0.15) is 13.8 Å². The molecular formula is C13H19O2PS. The van der Waals surface area contributed by atoms with E-state index in [0.717, 1.165) is 5.30 Å². The standard InChI is InChI=1S/C13H19O2PS/c1-4-10-14-16(17,15-11-12(2)3)13-8-6-5-7-9-13/h4-9,12H,1,10-11H2,2-3H3. The molecule has 1 aromatic carbocycles. The minimum absolute atomic E-state index is 0.421. The lowest BCUT2D eigenvalue weighted by Crippen LogP contribution is -2.12. The molecule has 1 unspecified atom stereocenters. The van der Waals surface area contributed by atoms with Gasteiger partial charge in [0.05, 0.1) is 13.2 Å². The molecule has 1 aromatic rings. The Labute approximate surface area is 109 Å². The van der Waals surface area contributed by atoms with Crippen molar-refractivity contribution in [1.29, 1.82) is 0 Å². The van der Waals surface area contributed by atoms with Crippen LogP contribution in [0.4, 0.5) is 0 Å². The zero-order valence-corrected chi connectivity index (χ0v) is 12.0. The van der Waals surface area contributed by atoms with Crippen LogP contribution in [0.5, 0.6) is 0 Å². The Morgan fingerprint density at radius 2 is 1.94 bits per heavy atom. The molecule has 0 aromatic heterocycles. The van der Waals surface area contributed by atoms with Gasteiger partial charge in [0.2, 0.25) is 6.49 Å². The first-order chi connectivity index (χ1) is 8.08. The summed E-state index contributed by atoms with van der Waals surface area (Å²) in [5.74, 6) is 0.438. The van der Waals surface area contributed by atoms with Crippen molar-refractivity contribution in [2.45, 2.75) is 13.8 Å². The molecule has 0 N–H and O–H groups in total. The highest BCUT2D eigenvalue weighted by molar-refractivity contribution is 8.13. The number of hydrogen-bond donors (Lipinski definition) is 0. The molecule has 0 saturated carbocycles. The van der Waals surface area contributed by atoms with Crippen molar-refractivity contribution in [2.24, 2.45) is 5.92 Å². The molecule has 0 radical (unpaired) electrons. The second-order valence-electron chi connectivity index (χ2n) is 4.11. The molecule has 0 bridgehead atoms. The molecule has 2 nitrogen and oxygen atoms in total. The molecule has 0 aliphatic rings. The molecule has 4 heteroatoms. The van der Waals surface area contributed by atoms with Gasteiger partial charge in [0.15, 0.2) is 0 Å². The number of rotatable bonds is 7. The van der Waals surface area contributed by atoms with Crippen LogP contribution in [-0.2, 0) is 20.9 Å². The Balaban J connectivity index is 2.85. The van der Waals surface area contributed by atoms with Crippen LogP contribution < -0.4 is 5.30 Å². The monoisotopic (exact) mass is 270 g/mol. The average Bonchev–Trinajstić information content (AvgIpc) is 2.35. The van der Waals surface area contributed by atoms with E-state index in [2.05, 4.69) is 20.4 Å². The van der Waals surface area contributed by atoms with Gasteiger partial charge in [-0.3, -0.25) is 0 Å². The summed E-state index contributed by atoms with van der Waals surface area (Å²) in [5.41, 5.74) is 0. The lowest BCUT2D eigenvalue weighted by atomic mass is 10.2. The Morgan fingerprint density at radius 1 is 1.29 bits per heavy atom. The average molecular weight is 270 g/mol. The zero-order chi connectivity index (χ0) is 12.7. The number of hydrogen-bond acceptors (Lipinski definition) is 3. The van der Waals surface area contributed by atoms with E-state index in [0.29, 0.717) is 19.1 Å². The van der Waals surface area contributed by atoms with Gasteiger partial charge in [-0.2, -0.15) is 0 Å². The maximum atomic E-state index is 5.84. The third kappa shape index (κ3) is 4.72. The van der Waals surface area contributed by atoms with Crippen molar-refractivity contribution >= 4 is 23.6 Å². The van der Waals surface area contributed by atoms with Crippen LogP contribution in [0, 0.1) is 5.92 Å². The summed E-state index contributed by atoms with van der Waals surface area (Å²) in [7, 11) is 0. The van der Waals surface area contributed by atoms with Crippen molar-refractivity contribution in [1.82, 2.24) is 0 Å². The largest absolute Gasteiger partial charge is 0.326 e. The van der Waals surface area contributed by atoms with E-state index < -0.39 is 6.49 Å². The Hall–Kier alpha value is -0.470. The Bertz CT molecular complexity index is 390. The smallest absolute Gasteiger partial charge is 0.219 e. The highest BCUT2D eigenvalue weighted by Crippen LogP contribution is 2.47. The summed E-state index contributed by atoms with van der Waals surface area (Å²) in [6.07, 6.45) is 1.70. The summed E-state index contributed by atoms with van der Waals surface area (Å²) in [4.78, 5) is 0. The SMILES string of the molecule is C=CCOP(=S)(OCC(C)C)c1ccccc1. The van der Waals surface area contributed by atoms with Crippen molar-refractivity contribution in [2.75, 3.05) is 13.2 Å². The fourth-order valence-electron chi connectivity index (χ4n) is 1.19. The molecule has 0 amide bonds. The Kier molecular flexibility index (Phi) is 6.07. The molecule has 1 atom stereocenters. The van der Waals surface area contributed by atoms with Gasteiger partial charge in [-0.1, -0.05) is 38.1 Å². The molecule has 0 fully saturated rings. The van der Waals surface area contributed by atoms with Crippen LogP contribution in [0.25, 0.3) is 0 Å². The predicted molar refractivity (Wildman–Crippen MR) is 77.3 cm³/mol. The lowest BCUT2D eigenvalue weighted by Gasteiger charge is -2.23. The molecule has 0 saturated heterocycles. The van der Waals surface area contributed by atoms with Crippen molar-refractivity contribution in [3.05, 3.63) is 43.0 Å². The first-order valence-corrected chi connectivity index (χ1v) is 8.28. The van der Waals surface area contributed by atoms with Gasteiger partial charge in [-0.05, 0) is 29.9 Å². The maximum absolute atomic E-state index is 5.84. The zero-order valence-electron chi connectivity index (χ0n) is 10.3. The van der Waals surface area contributed by atoms with Crippen molar-refractivity contribution in [3.63, 3.8) is 0 Å². The van der Waals surface area contributed by atoms with E-state index in [1.807, 2.05) is 30.3 Å². The summed E-state index contributed by atoms with van der Waals surface area (Å²) >= 11 is 5.57. The van der Waals surface area contributed by atoms with E-state index in [1.165, 1.54) is 0 Å². The fraction of sp³-hybridized carbons (Fsp3) is 0.385.